The number of benzene rings is 2. The summed E-state index contributed by atoms with van der Waals surface area (Å²) in [5, 5.41) is 0. The average molecular weight is 367 g/mol. The van der Waals surface area contributed by atoms with Crippen LogP contribution in [-0.2, 0) is 15.6 Å². The minimum Gasteiger partial charge on any atom is -0.491 e. The molecule has 2 aromatic carbocycles. The standard InChI is InChI=1S/C24H30O3/c1-23(2,3)17-11-16(12-18(13-17)26-14-19-15-27-19)22(25)20-9-7-8-10-21(20)24(4,5)6/h7-13,19H,14-15H2,1-6H3. The summed E-state index contributed by atoms with van der Waals surface area (Å²) in [4.78, 5) is 13.4. The van der Waals surface area contributed by atoms with Crippen molar-refractivity contribution in [3.8, 4) is 5.75 Å². The van der Waals surface area contributed by atoms with Crippen molar-refractivity contribution in [1.29, 1.82) is 0 Å². The fourth-order valence-corrected chi connectivity index (χ4v) is 3.09. The van der Waals surface area contributed by atoms with E-state index < -0.39 is 0 Å². The van der Waals surface area contributed by atoms with Gasteiger partial charge in [-0.2, -0.15) is 0 Å². The van der Waals surface area contributed by atoms with Gasteiger partial charge in [-0.1, -0.05) is 65.8 Å². The van der Waals surface area contributed by atoms with E-state index in [1.807, 2.05) is 42.5 Å². The van der Waals surface area contributed by atoms with Crippen molar-refractivity contribution < 1.29 is 14.3 Å². The first kappa shape index (κ1) is 19.6. The van der Waals surface area contributed by atoms with Crippen LogP contribution in [0.2, 0.25) is 0 Å². The topological polar surface area (TPSA) is 38.8 Å². The number of ketones is 1. The van der Waals surface area contributed by atoms with Crippen molar-refractivity contribution in [3.63, 3.8) is 0 Å². The van der Waals surface area contributed by atoms with Crippen LogP contribution in [0.5, 0.6) is 5.75 Å². The molecule has 3 nitrogen and oxygen atoms in total. The molecule has 0 bridgehead atoms. The van der Waals surface area contributed by atoms with Gasteiger partial charge in [0, 0.05) is 11.1 Å². The summed E-state index contributed by atoms with van der Waals surface area (Å²) in [5.74, 6) is 0.772. The monoisotopic (exact) mass is 366 g/mol. The van der Waals surface area contributed by atoms with Crippen molar-refractivity contribution in [2.45, 2.75) is 58.5 Å². The first-order valence-electron chi connectivity index (χ1n) is 9.60. The molecule has 1 saturated heterocycles. The Morgan fingerprint density at radius 1 is 1.04 bits per heavy atom. The van der Waals surface area contributed by atoms with Gasteiger partial charge in [0.15, 0.2) is 5.78 Å². The molecule has 0 spiro atoms. The zero-order valence-corrected chi connectivity index (χ0v) is 17.3. The number of carbonyl (C=O) groups is 1. The van der Waals surface area contributed by atoms with Gasteiger partial charge in [0.25, 0.3) is 0 Å². The second-order valence-corrected chi connectivity index (χ2v) is 9.39. The Bertz CT molecular complexity index is 833. The minimum absolute atomic E-state index is 0.0409. The highest BCUT2D eigenvalue weighted by atomic mass is 16.6. The first-order valence-corrected chi connectivity index (χ1v) is 9.60. The van der Waals surface area contributed by atoms with E-state index in [0.29, 0.717) is 12.2 Å². The van der Waals surface area contributed by atoms with Crippen molar-refractivity contribution in [3.05, 3.63) is 64.7 Å². The van der Waals surface area contributed by atoms with Gasteiger partial charge in [0.2, 0.25) is 0 Å². The van der Waals surface area contributed by atoms with Crippen molar-refractivity contribution in [1.82, 2.24) is 0 Å². The van der Waals surface area contributed by atoms with Gasteiger partial charge in [-0.15, -0.1) is 0 Å². The van der Waals surface area contributed by atoms with Crippen LogP contribution in [-0.4, -0.2) is 25.1 Å². The molecule has 0 saturated carbocycles. The summed E-state index contributed by atoms with van der Waals surface area (Å²) in [6.45, 7) is 14.1. The van der Waals surface area contributed by atoms with E-state index >= 15 is 0 Å². The van der Waals surface area contributed by atoms with Gasteiger partial charge >= 0.3 is 0 Å². The molecule has 1 atom stereocenters. The van der Waals surface area contributed by atoms with Crippen molar-refractivity contribution >= 4 is 5.78 Å². The van der Waals surface area contributed by atoms with Crippen LogP contribution in [0.4, 0.5) is 0 Å². The number of epoxide rings is 1. The molecule has 0 aliphatic carbocycles. The van der Waals surface area contributed by atoms with E-state index in [9.17, 15) is 4.79 Å². The van der Waals surface area contributed by atoms with Gasteiger partial charge in [-0.25, -0.2) is 0 Å². The lowest BCUT2D eigenvalue weighted by atomic mass is 9.80. The highest BCUT2D eigenvalue weighted by molar-refractivity contribution is 6.10. The summed E-state index contributed by atoms with van der Waals surface area (Å²) in [7, 11) is 0. The zero-order chi connectivity index (χ0) is 19.8. The lowest BCUT2D eigenvalue weighted by Gasteiger charge is -2.24. The number of rotatable bonds is 5. The highest BCUT2D eigenvalue weighted by Gasteiger charge is 2.26. The molecule has 3 heteroatoms. The second kappa shape index (κ2) is 7.12. The van der Waals surface area contributed by atoms with Crippen LogP contribution in [0.1, 0.15) is 68.6 Å². The molecule has 0 amide bonds. The molecule has 1 unspecified atom stereocenters. The Balaban J connectivity index is 2.02. The van der Waals surface area contributed by atoms with Crippen LogP contribution in [0.3, 0.4) is 0 Å². The number of hydrogen-bond donors (Lipinski definition) is 0. The van der Waals surface area contributed by atoms with Crippen LogP contribution in [0, 0.1) is 0 Å². The molecule has 3 rings (SSSR count). The van der Waals surface area contributed by atoms with E-state index in [1.54, 1.807) is 0 Å². The zero-order valence-electron chi connectivity index (χ0n) is 17.3. The van der Waals surface area contributed by atoms with Crippen LogP contribution in [0.25, 0.3) is 0 Å². The molecule has 0 N–H and O–H groups in total. The smallest absolute Gasteiger partial charge is 0.193 e. The second-order valence-electron chi connectivity index (χ2n) is 9.39. The molecule has 1 aliphatic heterocycles. The Kier molecular flexibility index (Phi) is 5.18. The normalized spacial score (nSPS) is 16.9. The van der Waals surface area contributed by atoms with Gasteiger partial charge in [0.05, 0.1) is 6.61 Å². The summed E-state index contributed by atoms with van der Waals surface area (Å²) >= 11 is 0. The van der Waals surface area contributed by atoms with Crippen LogP contribution < -0.4 is 4.74 Å². The SMILES string of the molecule is CC(C)(C)c1cc(OCC2CO2)cc(C(=O)c2ccccc2C(C)(C)C)c1. The maximum Gasteiger partial charge on any atom is 0.193 e. The predicted molar refractivity (Wildman–Crippen MR) is 109 cm³/mol. The van der Waals surface area contributed by atoms with Crippen LogP contribution >= 0.6 is 0 Å². The number of ether oxygens (including phenoxy) is 2. The molecule has 1 aliphatic rings. The lowest BCUT2D eigenvalue weighted by molar-refractivity contribution is 0.103. The summed E-state index contributed by atoms with van der Waals surface area (Å²) < 4.78 is 11.1. The van der Waals surface area contributed by atoms with Crippen molar-refractivity contribution in [2.75, 3.05) is 13.2 Å². The van der Waals surface area contributed by atoms with Crippen molar-refractivity contribution in [2.24, 2.45) is 0 Å². The molecule has 144 valence electrons. The van der Waals surface area contributed by atoms with Gasteiger partial charge in [-0.05, 0) is 40.2 Å². The summed E-state index contributed by atoms with van der Waals surface area (Å²) in [6, 6.07) is 13.8. The third-order valence-corrected chi connectivity index (χ3v) is 4.85. The largest absolute Gasteiger partial charge is 0.491 e. The summed E-state index contributed by atoms with van der Waals surface area (Å²) in [5.41, 5.74) is 3.40. The van der Waals surface area contributed by atoms with E-state index in [0.717, 1.165) is 29.0 Å². The fourth-order valence-electron chi connectivity index (χ4n) is 3.09. The number of carbonyl (C=O) groups excluding carboxylic acids is 1. The Hall–Kier alpha value is -2.13. The predicted octanol–water partition coefficient (Wildman–Crippen LogP) is 5.29. The first-order chi connectivity index (χ1) is 12.6. The molecular formula is C24H30O3. The molecule has 0 radical (unpaired) electrons. The Morgan fingerprint density at radius 2 is 1.70 bits per heavy atom. The van der Waals surface area contributed by atoms with E-state index in [-0.39, 0.29) is 22.7 Å². The molecular weight excluding hydrogens is 336 g/mol. The molecule has 1 fully saturated rings. The lowest BCUT2D eigenvalue weighted by Crippen LogP contribution is -2.18. The minimum atomic E-state index is -0.101. The third-order valence-electron chi connectivity index (χ3n) is 4.85. The highest BCUT2D eigenvalue weighted by Crippen LogP contribution is 2.32. The van der Waals surface area contributed by atoms with E-state index in [4.69, 9.17) is 9.47 Å². The van der Waals surface area contributed by atoms with Crippen LogP contribution in [0.15, 0.2) is 42.5 Å². The maximum absolute atomic E-state index is 13.4. The van der Waals surface area contributed by atoms with E-state index in [1.165, 1.54) is 0 Å². The van der Waals surface area contributed by atoms with Gasteiger partial charge in [-0.3, -0.25) is 4.79 Å². The average Bonchev–Trinajstić information content (AvgIpc) is 3.42. The summed E-state index contributed by atoms with van der Waals surface area (Å²) in [6.07, 6.45) is 0.184. The number of hydrogen-bond acceptors (Lipinski definition) is 3. The Morgan fingerprint density at radius 3 is 2.30 bits per heavy atom. The molecule has 1 heterocycles. The molecule has 27 heavy (non-hydrogen) atoms. The maximum atomic E-state index is 13.4. The fraction of sp³-hybridized carbons (Fsp3) is 0.458. The quantitative estimate of drug-likeness (QED) is 0.533. The Labute approximate surface area is 162 Å². The van der Waals surface area contributed by atoms with E-state index in [2.05, 4.69) is 41.5 Å². The molecule has 2 aromatic rings. The third kappa shape index (κ3) is 4.78. The van der Waals surface area contributed by atoms with Gasteiger partial charge in [0.1, 0.15) is 18.5 Å². The molecule has 0 aromatic heterocycles. The van der Waals surface area contributed by atoms with Gasteiger partial charge < -0.3 is 9.47 Å².